The van der Waals surface area contributed by atoms with Crippen LogP contribution in [-0.2, 0) is 19.0 Å². The molecule has 0 N–H and O–H groups in total. The number of fused-ring (bicyclic) bond motifs is 1. The monoisotopic (exact) mass is 378 g/mol. The van der Waals surface area contributed by atoms with Gasteiger partial charge in [-0.25, -0.2) is 4.79 Å². The van der Waals surface area contributed by atoms with Crippen molar-refractivity contribution in [1.29, 1.82) is 0 Å². The predicted octanol–water partition coefficient (Wildman–Crippen LogP) is 4.04. The van der Waals surface area contributed by atoms with Gasteiger partial charge >= 0.3 is 6.16 Å². The van der Waals surface area contributed by atoms with E-state index in [4.69, 9.17) is 30.5 Å². The van der Waals surface area contributed by atoms with Crippen LogP contribution < -0.4 is 4.74 Å². The molecule has 0 bridgehead atoms. The number of ketones is 1. The van der Waals surface area contributed by atoms with Crippen LogP contribution in [-0.4, -0.2) is 30.8 Å². The summed E-state index contributed by atoms with van der Waals surface area (Å²) in [6.45, 7) is 3.56. The summed E-state index contributed by atoms with van der Waals surface area (Å²) >= 11 is 6.06. The highest BCUT2D eigenvalue weighted by atomic mass is 35.5. The molecule has 138 valence electrons. The van der Waals surface area contributed by atoms with Crippen LogP contribution in [0.5, 0.6) is 5.75 Å². The Hall–Kier alpha value is -2.47. The van der Waals surface area contributed by atoms with Crippen LogP contribution in [0.2, 0.25) is 5.02 Å². The van der Waals surface area contributed by atoms with E-state index in [-0.39, 0.29) is 36.3 Å². The highest BCUT2D eigenvalue weighted by molar-refractivity contribution is 6.32. The van der Waals surface area contributed by atoms with Crippen LogP contribution in [0.4, 0.5) is 4.79 Å². The van der Waals surface area contributed by atoms with E-state index in [0.29, 0.717) is 30.0 Å². The van der Waals surface area contributed by atoms with E-state index in [0.717, 1.165) is 0 Å². The van der Waals surface area contributed by atoms with Gasteiger partial charge in [-0.3, -0.25) is 4.79 Å². The average molecular weight is 379 g/mol. The number of halogens is 1. The van der Waals surface area contributed by atoms with Crippen LogP contribution in [0, 0.1) is 5.92 Å². The summed E-state index contributed by atoms with van der Waals surface area (Å²) in [5, 5.41) is 0.415. The van der Waals surface area contributed by atoms with Gasteiger partial charge in [-0.2, -0.15) is 0 Å². The molecule has 0 saturated heterocycles. The predicted molar refractivity (Wildman–Crippen MR) is 93.8 cm³/mol. The molecule has 1 aliphatic heterocycles. The maximum atomic E-state index is 12.7. The molecule has 0 aromatic heterocycles. The minimum absolute atomic E-state index is 0.0953. The van der Waals surface area contributed by atoms with Crippen molar-refractivity contribution >= 4 is 23.5 Å². The van der Waals surface area contributed by atoms with Crippen molar-refractivity contribution in [3.05, 3.63) is 54.0 Å². The van der Waals surface area contributed by atoms with E-state index in [1.807, 2.05) is 0 Å². The molecule has 1 aromatic rings. The van der Waals surface area contributed by atoms with Crippen molar-refractivity contribution in [2.75, 3.05) is 6.61 Å². The van der Waals surface area contributed by atoms with Gasteiger partial charge in [-0.15, -0.1) is 0 Å². The minimum atomic E-state index is -0.742. The largest absolute Gasteiger partial charge is 0.508 e. The molecule has 7 heteroatoms. The Morgan fingerprint density at radius 1 is 1.35 bits per heavy atom. The van der Waals surface area contributed by atoms with Gasteiger partial charge in [-0.05, 0) is 25.0 Å². The van der Waals surface area contributed by atoms with Crippen LogP contribution in [0.1, 0.15) is 19.3 Å². The lowest BCUT2D eigenvalue weighted by Crippen LogP contribution is -2.43. The average Bonchev–Trinajstić information content (AvgIpc) is 2.64. The fraction of sp³-hybridized carbons (Fsp3) is 0.368. The number of hydrogen-bond donors (Lipinski definition) is 0. The van der Waals surface area contributed by atoms with E-state index in [9.17, 15) is 9.59 Å². The Bertz CT molecular complexity index is 728. The number of para-hydroxylation sites is 1. The maximum absolute atomic E-state index is 12.7. The van der Waals surface area contributed by atoms with Gasteiger partial charge in [0, 0.05) is 6.42 Å². The van der Waals surface area contributed by atoms with E-state index in [2.05, 4.69) is 6.58 Å². The summed E-state index contributed by atoms with van der Waals surface area (Å²) in [6.07, 6.45) is 2.85. The lowest BCUT2D eigenvalue weighted by atomic mass is 9.80. The van der Waals surface area contributed by atoms with Gasteiger partial charge in [0.05, 0.1) is 10.9 Å². The van der Waals surface area contributed by atoms with Gasteiger partial charge in [0.2, 0.25) is 11.5 Å². The Labute approximate surface area is 156 Å². The zero-order chi connectivity index (χ0) is 18.5. The molecule has 6 nitrogen and oxygen atoms in total. The van der Waals surface area contributed by atoms with Crippen molar-refractivity contribution in [2.24, 2.45) is 5.92 Å². The Kier molecular flexibility index (Phi) is 5.83. The standard InChI is InChI=1S/C19H19ClO6/c1-2-9-23-19(22)25-12-7-8-13-16(10-12)24-11-17(18(13)21)26-15-6-4-3-5-14(15)20/h2-6,11-13,16H,1,7-10H2. The van der Waals surface area contributed by atoms with Crippen molar-refractivity contribution in [3.8, 4) is 5.75 Å². The van der Waals surface area contributed by atoms with Gasteiger partial charge in [-0.1, -0.05) is 36.4 Å². The Morgan fingerprint density at radius 2 is 2.15 bits per heavy atom. The number of allylic oxidation sites excluding steroid dienone is 1. The molecule has 26 heavy (non-hydrogen) atoms. The van der Waals surface area contributed by atoms with Crippen molar-refractivity contribution in [3.63, 3.8) is 0 Å². The third kappa shape index (κ3) is 4.19. The normalized spacial score (nSPS) is 24.6. The van der Waals surface area contributed by atoms with E-state index in [1.165, 1.54) is 12.3 Å². The lowest BCUT2D eigenvalue weighted by molar-refractivity contribution is -0.132. The fourth-order valence-electron chi connectivity index (χ4n) is 3.06. The fourth-order valence-corrected chi connectivity index (χ4v) is 3.23. The van der Waals surface area contributed by atoms with Gasteiger partial charge in [0.1, 0.15) is 30.8 Å². The maximum Gasteiger partial charge on any atom is 0.508 e. The number of carbonyl (C=O) groups is 2. The zero-order valence-corrected chi connectivity index (χ0v) is 14.8. The highest BCUT2D eigenvalue weighted by Gasteiger charge is 2.42. The van der Waals surface area contributed by atoms with Crippen molar-refractivity contribution < 1.29 is 28.5 Å². The zero-order valence-electron chi connectivity index (χ0n) is 14.1. The van der Waals surface area contributed by atoms with Crippen LogP contribution in [0.3, 0.4) is 0 Å². The van der Waals surface area contributed by atoms with Gasteiger partial charge in [0.25, 0.3) is 0 Å². The third-order valence-corrected chi connectivity index (χ3v) is 4.62. The van der Waals surface area contributed by atoms with Crippen LogP contribution in [0.25, 0.3) is 0 Å². The second-order valence-electron chi connectivity index (χ2n) is 6.06. The number of benzene rings is 1. The molecule has 1 heterocycles. The molecule has 3 unspecified atom stereocenters. The van der Waals surface area contributed by atoms with Crippen molar-refractivity contribution in [2.45, 2.75) is 31.5 Å². The van der Waals surface area contributed by atoms with E-state index >= 15 is 0 Å². The van der Waals surface area contributed by atoms with Gasteiger partial charge < -0.3 is 18.9 Å². The number of rotatable bonds is 5. The summed E-state index contributed by atoms with van der Waals surface area (Å²) in [6, 6.07) is 6.91. The number of Topliss-reactive ketones (excluding diaryl/α,β-unsaturated/α-hetero) is 1. The number of ether oxygens (including phenoxy) is 4. The quantitative estimate of drug-likeness (QED) is 0.569. The molecule has 1 fully saturated rings. The SMILES string of the molecule is C=CCOC(=O)OC1CCC2C(=O)C(Oc3ccccc3Cl)=COC2C1. The molecular weight excluding hydrogens is 360 g/mol. The Morgan fingerprint density at radius 3 is 2.92 bits per heavy atom. The first-order chi connectivity index (χ1) is 12.6. The second kappa shape index (κ2) is 8.27. The molecule has 0 spiro atoms. The molecule has 1 aromatic carbocycles. The highest BCUT2D eigenvalue weighted by Crippen LogP contribution is 2.36. The second-order valence-corrected chi connectivity index (χ2v) is 6.47. The molecule has 3 rings (SSSR count). The number of hydrogen-bond acceptors (Lipinski definition) is 6. The van der Waals surface area contributed by atoms with E-state index < -0.39 is 6.16 Å². The molecule has 2 aliphatic rings. The Balaban J connectivity index is 1.60. The molecular formula is C19H19ClO6. The third-order valence-electron chi connectivity index (χ3n) is 4.31. The topological polar surface area (TPSA) is 71.1 Å². The molecule has 1 saturated carbocycles. The summed E-state index contributed by atoms with van der Waals surface area (Å²) < 4.78 is 21.4. The number of carbonyl (C=O) groups excluding carboxylic acids is 2. The lowest BCUT2D eigenvalue weighted by Gasteiger charge is -2.36. The first-order valence-electron chi connectivity index (χ1n) is 8.35. The van der Waals surface area contributed by atoms with Crippen LogP contribution in [0.15, 0.2) is 48.9 Å². The minimum Gasteiger partial charge on any atom is -0.493 e. The van der Waals surface area contributed by atoms with Gasteiger partial charge in [0.15, 0.2) is 0 Å². The summed E-state index contributed by atoms with van der Waals surface area (Å²) in [4.78, 5) is 24.2. The van der Waals surface area contributed by atoms with Crippen LogP contribution >= 0.6 is 11.6 Å². The first kappa shape index (κ1) is 18.3. The smallest absolute Gasteiger partial charge is 0.493 e. The van der Waals surface area contributed by atoms with E-state index in [1.54, 1.807) is 24.3 Å². The molecule has 0 radical (unpaired) electrons. The van der Waals surface area contributed by atoms with Crippen molar-refractivity contribution in [1.82, 2.24) is 0 Å². The molecule has 1 aliphatic carbocycles. The summed E-state index contributed by atoms with van der Waals surface area (Å²) in [7, 11) is 0. The molecule has 0 amide bonds. The summed E-state index contributed by atoms with van der Waals surface area (Å²) in [5.41, 5.74) is 0. The summed E-state index contributed by atoms with van der Waals surface area (Å²) in [5.74, 6) is 0.0669. The first-order valence-corrected chi connectivity index (χ1v) is 8.72. The molecule has 3 atom stereocenters.